The van der Waals surface area contributed by atoms with Crippen LogP contribution in [-0.4, -0.2) is 25.4 Å². The highest BCUT2D eigenvalue weighted by Crippen LogP contribution is 2.35. The van der Waals surface area contributed by atoms with Crippen molar-refractivity contribution in [3.8, 4) is 17.3 Å². The number of benzene rings is 3. The average molecular weight is 528 g/mol. The lowest BCUT2D eigenvalue weighted by molar-refractivity contribution is -0.137. The van der Waals surface area contributed by atoms with Crippen molar-refractivity contribution in [1.82, 2.24) is 19.5 Å². The van der Waals surface area contributed by atoms with Gasteiger partial charge in [-0.15, -0.1) is 0 Å². The molecule has 2 aromatic heterocycles. The SMILES string of the molecule is O=C(Nc1ccc(Oc2ccc3ncc(-n4ccnc4)nc3c2)cc1F)c1ccc(Cl)c(C(F)(F)F)c1. The minimum absolute atomic E-state index is 0.124. The van der Waals surface area contributed by atoms with Gasteiger partial charge in [0.25, 0.3) is 5.91 Å². The third-order valence-electron chi connectivity index (χ3n) is 5.23. The predicted molar refractivity (Wildman–Crippen MR) is 128 cm³/mol. The van der Waals surface area contributed by atoms with E-state index in [9.17, 15) is 22.4 Å². The molecule has 0 aliphatic carbocycles. The number of alkyl halides is 3. The fourth-order valence-electron chi connectivity index (χ4n) is 3.44. The van der Waals surface area contributed by atoms with Gasteiger partial charge in [0.1, 0.15) is 23.6 Å². The third-order valence-corrected chi connectivity index (χ3v) is 5.56. The molecule has 0 aliphatic heterocycles. The molecule has 37 heavy (non-hydrogen) atoms. The van der Waals surface area contributed by atoms with Crippen LogP contribution in [0.15, 0.2) is 79.5 Å². The van der Waals surface area contributed by atoms with Gasteiger partial charge in [-0.05, 0) is 42.5 Å². The summed E-state index contributed by atoms with van der Waals surface area (Å²) in [7, 11) is 0. The Hall–Kier alpha value is -4.51. The van der Waals surface area contributed by atoms with Crippen LogP contribution in [0.25, 0.3) is 16.9 Å². The first-order chi connectivity index (χ1) is 17.7. The minimum atomic E-state index is -4.74. The number of anilines is 1. The Kier molecular flexibility index (Phi) is 6.22. The zero-order valence-corrected chi connectivity index (χ0v) is 19.3. The Morgan fingerprint density at radius 1 is 1.00 bits per heavy atom. The maximum absolute atomic E-state index is 14.7. The summed E-state index contributed by atoms with van der Waals surface area (Å²) in [6.45, 7) is 0. The first kappa shape index (κ1) is 24.2. The summed E-state index contributed by atoms with van der Waals surface area (Å²) in [5.74, 6) is -0.743. The van der Waals surface area contributed by atoms with Gasteiger partial charge in [0.2, 0.25) is 0 Å². The fourth-order valence-corrected chi connectivity index (χ4v) is 3.66. The van der Waals surface area contributed by atoms with Crippen LogP contribution in [0.5, 0.6) is 11.5 Å². The van der Waals surface area contributed by atoms with Crippen LogP contribution >= 0.6 is 11.6 Å². The number of halogens is 5. The molecule has 0 radical (unpaired) electrons. The second-order valence-corrected chi connectivity index (χ2v) is 8.15. The lowest BCUT2D eigenvalue weighted by Gasteiger charge is -2.12. The van der Waals surface area contributed by atoms with Gasteiger partial charge in [-0.1, -0.05) is 11.6 Å². The van der Waals surface area contributed by atoms with Crippen molar-refractivity contribution in [1.29, 1.82) is 0 Å². The number of nitrogens with one attached hydrogen (secondary N) is 1. The summed E-state index contributed by atoms with van der Waals surface area (Å²) < 4.78 is 61.3. The molecular formula is C25H14ClF4N5O2. The number of carbonyl (C=O) groups excluding carboxylic acids is 1. The monoisotopic (exact) mass is 527 g/mol. The van der Waals surface area contributed by atoms with E-state index in [1.165, 1.54) is 12.1 Å². The Bertz CT molecular complexity index is 1620. The third kappa shape index (κ3) is 5.21. The predicted octanol–water partition coefficient (Wildman–Crippen LogP) is 6.67. The van der Waals surface area contributed by atoms with E-state index < -0.39 is 28.5 Å². The van der Waals surface area contributed by atoms with Crippen molar-refractivity contribution in [3.05, 3.63) is 101 Å². The molecule has 7 nitrogen and oxygen atoms in total. The lowest BCUT2D eigenvalue weighted by Crippen LogP contribution is -2.15. The van der Waals surface area contributed by atoms with Crippen molar-refractivity contribution in [3.63, 3.8) is 0 Å². The van der Waals surface area contributed by atoms with Crippen LogP contribution in [0.4, 0.5) is 23.2 Å². The zero-order valence-electron chi connectivity index (χ0n) is 18.5. The van der Waals surface area contributed by atoms with Crippen LogP contribution in [0.3, 0.4) is 0 Å². The smallest absolute Gasteiger partial charge is 0.417 e. The van der Waals surface area contributed by atoms with Crippen LogP contribution in [0.2, 0.25) is 5.02 Å². The number of fused-ring (bicyclic) bond motifs is 1. The van der Waals surface area contributed by atoms with Crippen LogP contribution in [0.1, 0.15) is 15.9 Å². The van der Waals surface area contributed by atoms with Gasteiger partial charge in [0.15, 0.2) is 5.82 Å². The summed E-state index contributed by atoms with van der Waals surface area (Å²) >= 11 is 5.58. The van der Waals surface area contributed by atoms with Gasteiger partial charge < -0.3 is 10.1 Å². The number of amides is 1. The summed E-state index contributed by atoms with van der Waals surface area (Å²) in [4.78, 5) is 25.3. The summed E-state index contributed by atoms with van der Waals surface area (Å²) in [5, 5.41) is 1.71. The van der Waals surface area contributed by atoms with Gasteiger partial charge in [0, 0.05) is 30.1 Å². The molecule has 0 spiro atoms. The van der Waals surface area contributed by atoms with Crippen molar-refractivity contribution in [2.75, 3.05) is 5.32 Å². The van der Waals surface area contributed by atoms with Gasteiger partial charge in [-0.3, -0.25) is 14.3 Å². The molecule has 0 unspecified atom stereocenters. The van der Waals surface area contributed by atoms with E-state index in [2.05, 4.69) is 20.3 Å². The molecule has 2 heterocycles. The minimum Gasteiger partial charge on any atom is -0.457 e. The highest BCUT2D eigenvalue weighted by molar-refractivity contribution is 6.31. The molecule has 3 aromatic carbocycles. The van der Waals surface area contributed by atoms with Crippen LogP contribution in [-0.2, 0) is 6.18 Å². The molecule has 0 saturated carbocycles. The second kappa shape index (κ2) is 9.51. The number of nitrogens with zero attached hydrogens (tertiary/aromatic N) is 4. The summed E-state index contributed by atoms with van der Waals surface area (Å²) in [6, 6.07) is 11.3. The molecule has 5 aromatic rings. The van der Waals surface area contributed by atoms with Crippen molar-refractivity contribution < 1.29 is 27.1 Å². The Morgan fingerprint density at radius 3 is 2.51 bits per heavy atom. The Balaban J connectivity index is 1.33. The first-order valence-corrected chi connectivity index (χ1v) is 11.0. The average Bonchev–Trinajstić information content (AvgIpc) is 3.40. The lowest BCUT2D eigenvalue weighted by atomic mass is 10.1. The van der Waals surface area contributed by atoms with E-state index in [1.54, 1.807) is 47.7 Å². The maximum Gasteiger partial charge on any atom is 0.417 e. The molecular weight excluding hydrogens is 514 g/mol. The van der Waals surface area contributed by atoms with Gasteiger partial charge >= 0.3 is 6.18 Å². The number of rotatable bonds is 5. The number of ether oxygens (including phenoxy) is 1. The number of imidazole rings is 1. The second-order valence-electron chi connectivity index (χ2n) is 7.74. The van der Waals surface area contributed by atoms with Crippen molar-refractivity contribution in [2.45, 2.75) is 6.18 Å². The molecule has 1 amide bonds. The quantitative estimate of drug-likeness (QED) is 0.258. The molecule has 186 valence electrons. The standard InChI is InChI=1S/C25H14ClF4N5O2/c26-18-4-1-14(9-17(18)25(28,29)30)24(36)34-20-5-2-15(10-19(20)27)37-16-3-6-21-22(11-16)33-23(12-32-21)35-8-7-31-13-35/h1-13H,(H,34,36). The molecule has 0 atom stereocenters. The largest absolute Gasteiger partial charge is 0.457 e. The number of hydrogen-bond acceptors (Lipinski definition) is 5. The molecule has 0 saturated heterocycles. The van der Waals surface area contributed by atoms with E-state index in [0.29, 0.717) is 28.7 Å². The van der Waals surface area contributed by atoms with Crippen molar-refractivity contribution >= 4 is 34.2 Å². The zero-order chi connectivity index (χ0) is 26.2. The van der Waals surface area contributed by atoms with E-state index >= 15 is 0 Å². The molecule has 0 fully saturated rings. The fraction of sp³-hybridized carbons (Fsp3) is 0.0400. The highest BCUT2D eigenvalue weighted by Gasteiger charge is 2.33. The Morgan fingerprint density at radius 2 is 1.78 bits per heavy atom. The van der Waals surface area contributed by atoms with Crippen LogP contribution in [0, 0.1) is 5.82 Å². The molecule has 12 heteroatoms. The maximum atomic E-state index is 14.7. The van der Waals surface area contributed by atoms with E-state index in [-0.39, 0.29) is 17.0 Å². The number of carbonyl (C=O) groups is 1. The molecule has 0 aliphatic rings. The normalized spacial score (nSPS) is 11.5. The summed E-state index contributed by atoms with van der Waals surface area (Å²) in [5.41, 5.74) is -0.576. The van der Waals surface area contributed by atoms with Gasteiger partial charge in [-0.2, -0.15) is 13.2 Å². The van der Waals surface area contributed by atoms with E-state index in [4.69, 9.17) is 16.3 Å². The summed E-state index contributed by atoms with van der Waals surface area (Å²) in [6.07, 6.45) is 1.78. The molecule has 0 bridgehead atoms. The number of aromatic nitrogens is 4. The van der Waals surface area contributed by atoms with Gasteiger partial charge in [-0.25, -0.2) is 14.4 Å². The number of hydrogen-bond donors (Lipinski definition) is 1. The molecule has 5 rings (SSSR count). The van der Waals surface area contributed by atoms with E-state index in [0.717, 1.165) is 18.2 Å². The first-order valence-electron chi connectivity index (χ1n) is 10.6. The van der Waals surface area contributed by atoms with E-state index in [1.807, 2.05) is 0 Å². The molecule has 1 N–H and O–H groups in total. The van der Waals surface area contributed by atoms with Crippen LogP contribution < -0.4 is 10.1 Å². The van der Waals surface area contributed by atoms with Crippen molar-refractivity contribution in [2.24, 2.45) is 0 Å². The Labute approximate surface area is 211 Å². The topological polar surface area (TPSA) is 81.9 Å². The highest BCUT2D eigenvalue weighted by atomic mass is 35.5. The van der Waals surface area contributed by atoms with Gasteiger partial charge in [0.05, 0.1) is 33.5 Å².